The molecule has 4 atom stereocenters. The van der Waals surface area contributed by atoms with E-state index in [-0.39, 0.29) is 29.2 Å². The number of pyridine rings is 1. The minimum absolute atomic E-state index is 0.0914. The molecular weight excluding hydrogens is 390 g/mol. The number of nitrogens with zero attached hydrogens (tertiary/aromatic N) is 1. The van der Waals surface area contributed by atoms with E-state index in [0.717, 1.165) is 42.1 Å². The Hall–Kier alpha value is -2.86. The number of aliphatic hydroxyl groups is 1. The maximum absolute atomic E-state index is 13.1. The van der Waals surface area contributed by atoms with Crippen LogP contribution in [0, 0.1) is 18.8 Å². The van der Waals surface area contributed by atoms with Crippen molar-refractivity contribution in [2.24, 2.45) is 11.8 Å². The minimum Gasteiger partial charge on any atom is -0.393 e. The Balaban J connectivity index is 1.30. The molecule has 31 heavy (non-hydrogen) atoms. The van der Waals surface area contributed by atoms with Crippen LogP contribution in [-0.2, 0) is 13.0 Å². The zero-order valence-electron chi connectivity index (χ0n) is 17.8. The molecule has 3 N–H and O–H groups in total. The third kappa shape index (κ3) is 3.81. The van der Waals surface area contributed by atoms with Crippen molar-refractivity contribution in [2.75, 3.05) is 0 Å². The Morgan fingerprint density at radius 1 is 1.16 bits per heavy atom. The molecule has 6 nitrogen and oxygen atoms in total. The molecule has 3 aromatic rings. The molecule has 162 valence electrons. The summed E-state index contributed by atoms with van der Waals surface area (Å²) in [5.41, 5.74) is 2.97. The molecule has 6 heteroatoms. The van der Waals surface area contributed by atoms with Crippen molar-refractivity contribution in [3.05, 3.63) is 69.8 Å². The second kappa shape index (κ2) is 8.00. The number of H-pyrrole nitrogens is 1. The number of aromatic amines is 1. The van der Waals surface area contributed by atoms with Gasteiger partial charge in [-0.15, -0.1) is 0 Å². The number of aryl methyl sites for hydroxylation is 3. The molecule has 1 aromatic carbocycles. The number of aromatic nitrogens is 2. The van der Waals surface area contributed by atoms with E-state index in [1.165, 1.54) is 0 Å². The fourth-order valence-electron chi connectivity index (χ4n) is 5.66. The number of aliphatic hydroxyl groups excluding tert-OH is 1. The fraction of sp³-hybridized carbons (Fsp3) is 0.440. The molecule has 2 aliphatic carbocycles. The molecule has 2 heterocycles. The van der Waals surface area contributed by atoms with Gasteiger partial charge < -0.3 is 20.0 Å². The number of benzene rings is 1. The predicted molar refractivity (Wildman–Crippen MR) is 120 cm³/mol. The third-order valence-corrected chi connectivity index (χ3v) is 7.22. The van der Waals surface area contributed by atoms with E-state index in [2.05, 4.69) is 16.4 Å². The summed E-state index contributed by atoms with van der Waals surface area (Å²) >= 11 is 0. The number of carbonyl (C=O) groups excluding carboxylic acids is 1. The molecule has 2 saturated carbocycles. The monoisotopic (exact) mass is 419 g/mol. The van der Waals surface area contributed by atoms with Crippen LogP contribution in [0.2, 0.25) is 0 Å². The number of rotatable bonds is 5. The zero-order chi connectivity index (χ0) is 21.5. The number of amides is 1. The predicted octanol–water partition coefficient (Wildman–Crippen LogP) is 3.16. The van der Waals surface area contributed by atoms with Gasteiger partial charge in [-0.25, -0.2) is 0 Å². The summed E-state index contributed by atoms with van der Waals surface area (Å²) < 4.78 is 1.64. The number of nitrogens with one attached hydrogen (secondary N) is 2. The van der Waals surface area contributed by atoms with Gasteiger partial charge >= 0.3 is 0 Å². The van der Waals surface area contributed by atoms with Crippen molar-refractivity contribution in [2.45, 2.75) is 57.7 Å². The number of hydrogen-bond donors (Lipinski definition) is 3. The number of hydrogen-bond acceptors (Lipinski definition) is 3. The average Bonchev–Trinajstić information content (AvgIpc) is 3.40. The van der Waals surface area contributed by atoms with E-state index in [0.29, 0.717) is 30.4 Å². The van der Waals surface area contributed by atoms with Crippen molar-refractivity contribution in [1.29, 1.82) is 0 Å². The van der Waals surface area contributed by atoms with Crippen LogP contribution in [0.1, 0.15) is 47.2 Å². The summed E-state index contributed by atoms with van der Waals surface area (Å²) in [6.45, 7) is 2.34. The van der Waals surface area contributed by atoms with Gasteiger partial charge in [0.25, 0.3) is 11.5 Å². The van der Waals surface area contributed by atoms with Crippen LogP contribution in [-0.4, -0.2) is 32.7 Å². The van der Waals surface area contributed by atoms with Crippen LogP contribution in [0.3, 0.4) is 0 Å². The quantitative estimate of drug-likeness (QED) is 0.594. The smallest absolute Gasteiger partial charge is 0.263 e. The lowest BCUT2D eigenvalue weighted by molar-refractivity contribution is 0.0931. The molecule has 2 aromatic heterocycles. The lowest BCUT2D eigenvalue weighted by atomic mass is 10.0. The Morgan fingerprint density at radius 3 is 2.68 bits per heavy atom. The van der Waals surface area contributed by atoms with Crippen LogP contribution < -0.4 is 10.9 Å². The first-order valence-electron chi connectivity index (χ1n) is 11.2. The highest BCUT2D eigenvalue weighted by Gasteiger charge is 2.41. The fourth-order valence-corrected chi connectivity index (χ4v) is 5.66. The van der Waals surface area contributed by atoms with Crippen LogP contribution in [0.5, 0.6) is 0 Å². The minimum atomic E-state index is -0.269. The molecule has 1 amide bonds. The van der Waals surface area contributed by atoms with Gasteiger partial charge in [0.05, 0.1) is 6.10 Å². The van der Waals surface area contributed by atoms with Crippen molar-refractivity contribution in [3.63, 3.8) is 0 Å². The van der Waals surface area contributed by atoms with Crippen molar-refractivity contribution >= 4 is 16.8 Å². The second-order valence-corrected chi connectivity index (χ2v) is 9.27. The highest BCUT2D eigenvalue weighted by atomic mass is 16.3. The van der Waals surface area contributed by atoms with Gasteiger partial charge in [0.1, 0.15) is 5.56 Å². The molecule has 0 spiro atoms. The first-order valence-corrected chi connectivity index (χ1v) is 11.2. The first kappa shape index (κ1) is 20.1. The summed E-state index contributed by atoms with van der Waals surface area (Å²) in [5.74, 6) is 0.712. The molecule has 0 radical (unpaired) electrons. The Kier molecular flexibility index (Phi) is 5.18. The summed E-state index contributed by atoms with van der Waals surface area (Å²) in [7, 11) is 0. The lowest BCUT2D eigenvalue weighted by Gasteiger charge is -2.16. The number of carbonyl (C=O) groups is 1. The summed E-state index contributed by atoms with van der Waals surface area (Å²) in [5, 5.41) is 14.1. The standard InChI is InChI=1S/C25H29N3O3/c1-15-6-8-28(9-7-16-14-26-22-5-3-2-4-21(16)22)25(31)23(15)24(30)27-19-10-17-12-20(29)13-18(17)11-19/h2-6,8,14,17-20,26,29H,7,9-13H2,1H3,(H,27,30)/t17-,18+,19?,20?. The van der Waals surface area contributed by atoms with Gasteiger partial charge in [0, 0.05) is 35.9 Å². The normalized spacial score (nSPS) is 25.1. The number of para-hydroxylation sites is 1. The SMILES string of the molecule is Cc1ccn(CCc2c[nH]c3ccccc23)c(=O)c1C(=O)NC1C[C@H]2CC(O)C[C@H]2C1. The maximum Gasteiger partial charge on any atom is 0.263 e. The van der Waals surface area contributed by atoms with E-state index in [1.807, 2.05) is 37.4 Å². The summed E-state index contributed by atoms with van der Waals surface area (Å²) in [6.07, 6.45) is 7.76. The molecule has 0 saturated heterocycles. The van der Waals surface area contributed by atoms with Gasteiger partial charge in [-0.05, 0) is 74.1 Å². The molecule has 2 fully saturated rings. The van der Waals surface area contributed by atoms with Gasteiger partial charge in [-0.2, -0.15) is 0 Å². The Morgan fingerprint density at radius 2 is 1.90 bits per heavy atom. The highest BCUT2D eigenvalue weighted by molar-refractivity contribution is 5.95. The number of fused-ring (bicyclic) bond motifs is 2. The van der Waals surface area contributed by atoms with Crippen molar-refractivity contribution in [3.8, 4) is 0 Å². The topological polar surface area (TPSA) is 87.1 Å². The summed E-state index contributed by atoms with van der Waals surface area (Å²) in [6, 6.07) is 10.1. The Labute approximate surface area is 181 Å². The maximum atomic E-state index is 13.1. The molecule has 5 rings (SSSR count). The van der Waals surface area contributed by atoms with Crippen LogP contribution in [0.15, 0.2) is 47.5 Å². The van der Waals surface area contributed by atoms with Crippen molar-refractivity contribution < 1.29 is 9.90 Å². The van der Waals surface area contributed by atoms with Gasteiger partial charge in [0.15, 0.2) is 0 Å². The summed E-state index contributed by atoms with van der Waals surface area (Å²) in [4.78, 5) is 29.4. The van der Waals surface area contributed by atoms with Crippen LogP contribution in [0.25, 0.3) is 10.9 Å². The van der Waals surface area contributed by atoms with Crippen LogP contribution in [0.4, 0.5) is 0 Å². The van der Waals surface area contributed by atoms with E-state index >= 15 is 0 Å². The Bertz CT molecular complexity index is 1160. The second-order valence-electron chi connectivity index (χ2n) is 9.27. The molecule has 0 bridgehead atoms. The molecule has 0 aliphatic heterocycles. The van der Waals surface area contributed by atoms with Gasteiger partial charge in [0.2, 0.25) is 0 Å². The van der Waals surface area contributed by atoms with Gasteiger partial charge in [-0.1, -0.05) is 18.2 Å². The van der Waals surface area contributed by atoms with E-state index in [1.54, 1.807) is 10.8 Å². The van der Waals surface area contributed by atoms with E-state index in [4.69, 9.17) is 0 Å². The highest BCUT2D eigenvalue weighted by Crippen LogP contribution is 2.44. The lowest BCUT2D eigenvalue weighted by Crippen LogP contribution is -2.39. The molecular formula is C25H29N3O3. The molecule has 2 unspecified atom stereocenters. The largest absolute Gasteiger partial charge is 0.393 e. The third-order valence-electron chi connectivity index (χ3n) is 7.22. The average molecular weight is 420 g/mol. The molecule has 2 aliphatic rings. The van der Waals surface area contributed by atoms with E-state index in [9.17, 15) is 14.7 Å². The zero-order valence-corrected chi connectivity index (χ0v) is 17.8. The first-order chi connectivity index (χ1) is 15.0. The van der Waals surface area contributed by atoms with E-state index < -0.39 is 0 Å². The van der Waals surface area contributed by atoms with Crippen LogP contribution >= 0.6 is 0 Å². The van der Waals surface area contributed by atoms with Gasteiger partial charge in [-0.3, -0.25) is 9.59 Å². The van der Waals surface area contributed by atoms with Crippen molar-refractivity contribution in [1.82, 2.24) is 14.9 Å².